The van der Waals surface area contributed by atoms with E-state index in [1.165, 1.54) is 12.8 Å². The van der Waals surface area contributed by atoms with Crippen molar-refractivity contribution in [3.05, 3.63) is 48.6 Å². The SMILES string of the molecule is CC/C=C\CCC(CC/C=C\CC)CC(C(CC/C=C\CCC)CC/C=C\CCC)C(CCCN(C)C)C(=O)O. The number of carboxylic acids is 1. The Hall–Kier alpha value is -1.61. The van der Waals surface area contributed by atoms with Crippen molar-refractivity contribution >= 4 is 5.97 Å². The van der Waals surface area contributed by atoms with Crippen LogP contribution in [0.5, 0.6) is 0 Å². The third-order valence-electron chi connectivity index (χ3n) is 8.11. The number of rotatable bonds is 27. The average molecular weight is 558 g/mol. The molecule has 0 aliphatic rings. The van der Waals surface area contributed by atoms with Gasteiger partial charge in [0.2, 0.25) is 0 Å². The number of aliphatic carboxylic acids is 1. The number of nitrogens with zero attached hydrogens (tertiary/aromatic N) is 1. The first-order valence-electron chi connectivity index (χ1n) is 16.9. The minimum atomic E-state index is -0.577. The number of carboxylic acid groups (broad SMARTS) is 1. The smallest absolute Gasteiger partial charge is 0.306 e. The molecule has 0 rings (SSSR count). The van der Waals surface area contributed by atoms with Crippen molar-refractivity contribution in [2.45, 2.75) is 137 Å². The molecule has 1 N–H and O–H groups in total. The first kappa shape index (κ1) is 38.4. The molecular formula is C37H67NO2. The van der Waals surface area contributed by atoms with E-state index in [-0.39, 0.29) is 11.8 Å². The summed E-state index contributed by atoms with van der Waals surface area (Å²) < 4.78 is 0. The fourth-order valence-corrected chi connectivity index (χ4v) is 5.83. The molecule has 232 valence electrons. The van der Waals surface area contributed by atoms with Crippen molar-refractivity contribution in [3.8, 4) is 0 Å². The zero-order valence-corrected chi connectivity index (χ0v) is 27.5. The van der Waals surface area contributed by atoms with Gasteiger partial charge < -0.3 is 10.0 Å². The average Bonchev–Trinajstić information content (AvgIpc) is 2.92. The molecule has 0 radical (unpaired) electrons. The summed E-state index contributed by atoms with van der Waals surface area (Å²) in [5, 5.41) is 10.6. The predicted molar refractivity (Wildman–Crippen MR) is 178 cm³/mol. The Balaban J connectivity index is 6.11. The zero-order chi connectivity index (χ0) is 29.8. The van der Waals surface area contributed by atoms with Crippen LogP contribution in [-0.2, 0) is 4.79 Å². The van der Waals surface area contributed by atoms with E-state index in [4.69, 9.17) is 0 Å². The molecule has 0 aromatic rings. The highest BCUT2D eigenvalue weighted by molar-refractivity contribution is 5.70. The third kappa shape index (κ3) is 21.2. The Morgan fingerprint density at radius 3 is 1.52 bits per heavy atom. The monoisotopic (exact) mass is 558 g/mol. The van der Waals surface area contributed by atoms with Crippen LogP contribution >= 0.6 is 0 Å². The van der Waals surface area contributed by atoms with Crippen LogP contribution < -0.4 is 0 Å². The van der Waals surface area contributed by atoms with E-state index in [0.717, 1.165) is 103 Å². The molecule has 0 aliphatic heterocycles. The van der Waals surface area contributed by atoms with E-state index in [9.17, 15) is 9.90 Å². The summed E-state index contributed by atoms with van der Waals surface area (Å²) in [6.07, 6.45) is 37.0. The maximum absolute atomic E-state index is 12.9. The van der Waals surface area contributed by atoms with Gasteiger partial charge in [-0.05, 0) is 135 Å². The van der Waals surface area contributed by atoms with Gasteiger partial charge >= 0.3 is 5.97 Å². The second-order valence-electron chi connectivity index (χ2n) is 12.0. The van der Waals surface area contributed by atoms with Crippen LogP contribution in [0.15, 0.2) is 48.6 Å². The van der Waals surface area contributed by atoms with Crippen molar-refractivity contribution in [1.82, 2.24) is 4.90 Å². The van der Waals surface area contributed by atoms with Crippen molar-refractivity contribution in [1.29, 1.82) is 0 Å². The lowest BCUT2D eigenvalue weighted by atomic mass is 9.70. The summed E-state index contributed by atoms with van der Waals surface area (Å²) in [6.45, 7) is 9.79. The van der Waals surface area contributed by atoms with Gasteiger partial charge in [-0.15, -0.1) is 0 Å². The van der Waals surface area contributed by atoms with E-state index in [1.807, 2.05) is 0 Å². The van der Waals surface area contributed by atoms with Gasteiger partial charge in [0, 0.05) is 0 Å². The van der Waals surface area contributed by atoms with E-state index in [1.54, 1.807) is 0 Å². The fraction of sp³-hybridized carbons (Fsp3) is 0.757. The topological polar surface area (TPSA) is 40.5 Å². The molecule has 2 atom stereocenters. The first-order valence-corrected chi connectivity index (χ1v) is 16.9. The Kier molecular flexibility index (Phi) is 26.4. The number of unbranched alkanes of at least 4 members (excludes halogenated alkanes) is 2. The molecule has 40 heavy (non-hydrogen) atoms. The lowest BCUT2D eigenvalue weighted by Gasteiger charge is -2.35. The molecule has 0 heterocycles. The van der Waals surface area contributed by atoms with Gasteiger partial charge in [0.25, 0.3) is 0 Å². The largest absolute Gasteiger partial charge is 0.481 e. The predicted octanol–water partition coefficient (Wildman–Crippen LogP) is 11.0. The van der Waals surface area contributed by atoms with Crippen molar-refractivity contribution in [2.24, 2.45) is 23.7 Å². The summed E-state index contributed by atoms with van der Waals surface area (Å²) in [4.78, 5) is 15.1. The molecule has 0 aromatic carbocycles. The van der Waals surface area contributed by atoms with Crippen LogP contribution in [-0.4, -0.2) is 36.6 Å². The van der Waals surface area contributed by atoms with Crippen LogP contribution in [0.3, 0.4) is 0 Å². The molecule has 0 saturated heterocycles. The Bertz CT molecular complexity index is 652. The Labute approximate surface area is 250 Å². The van der Waals surface area contributed by atoms with Crippen LogP contribution in [0.1, 0.15) is 137 Å². The number of hydrogen-bond donors (Lipinski definition) is 1. The summed E-state index contributed by atoms with van der Waals surface area (Å²) in [5.74, 6) is 0.404. The highest BCUT2D eigenvalue weighted by atomic mass is 16.4. The molecule has 0 fully saturated rings. The zero-order valence-electron chi connectivity index (χ0n) is 27.5. The van der Waals surface area contributed by atoms with Crippen LogP contribution in [0.25, 0.3) is 0 Å². The highest BCUT2D eigenvalue weighted by Gasteiger charge is 2.34. The van der Waals surface area contributed by atoms with E-state index in [0.29, 0.717) is 11.8 Å². The molecular weight excluding hydrogens is 490 g/mol. The maximum Gasteiger partial charge on any atom is 0.306 e. The maximum atomic E-state index is 12.9. The van der Waals surface area contributed by atoms with Gasteiger partial charge in [-0.3, -0.25) is 4.79 Å². The van der Waals surface area contributed by atoms with Crippen LogP contribution in [0.2, 0.25) is 0 Å². The summed E-state index contributed by atoms with van der Waals surface area (Å²) in [7, 11) is 4.18. The van der Waals surface area contributed by atoms with Crippen molar-refractivity contribution in [2.75, 3.05) is 20.6 Å². The van der Waals surface area contributed by atoms with Crippen LogP contribution in [0.4, 0.5) is 0 Å². The molecule has 3 nitrogen and oxygen atoms in total. The highest BCUT2D eigenvalue weighted by Crippen LogP contribution is 2.39. The molecule has 0 saturated carbocycles. The summed E-state index contributed by atoms with van der Waals surface area (Å²) in [6, 6.07) is 0. The van der Waals surface area contributed by atoms with Gasteiger partial charge in [-0.1, -0.05) is 89.1 Å². The van der Waals surface area contributed by atoms with E-state index >= 15 is 0 Å². The van der Waals surface area contributed by atoms with Crippen molar-refractivity contribution in [3.63, 3.8) is 0 Å². The fourth-order valence-electron chi connectivity index (χ4n) is 5.83. The molecule has 0 amide bonds. The van der Waals surface area contributed by atoms with Gasteiger partial charge in [-0.2, -0.15) is 0 Å². The first-order chi connectivity index (χ1) is 19.4. The van der Waals surface area contributed by atoms with E-state index < -0.39 is 5.97 Å². The van der Waals surface area contributed by atoms with Gasteiger partial charge in [0.1, 0.15) is 0 Å². The molecule has 0 spiro atoms. The number of allylic oxidation sites excluding steroid dienone is 8. The molecule has 2 unspecified atom stereocenters. The lowest BCUT2D eigenvalue weighted by molar-refractivity contribution is -0.145. The third-order valence-corrected chi connectivity index (χ3v) is 8.11. The Morgan fingerprint density at radius 2 is 1.10 bits per heavy atom. The number of hydrogen-bond acceptors (Lipinski definition) is 2. The van der Waals surface area contributed by atoms with E-state index in [2.05, 4.69) is 95.3 Å². The molecule has 0 bridgehead atoms. The number of carbonyl (C=O) groups is 1. The summed E-state index contributed by atoms with van der Waals surface area (Å²) in [5.41, 5.74) is 0. The second kappa shape index (κ2) is 27.6. The standard InChI is InChI=1S/C37H67NO2/c1-7-11-15-19-23-28-34(29-24-20-16-12-8-2)36(35(37(39)40)30-25-31-38(5)6)32-33(26-21-17-13-9-3)27-22-18-14-10-4/h13-20,33-36H,7-12,21-32H2,1-6H3,(H,39,40)/b17-13-,18-14-,19-15-,20-16-. The molecule has 3 heteroatoms. The Morgan fingerprint density at radius 1 is 0.650 bits per heavy atom. The summed E-state index contributed by atoms with van der Waals surface area (Å²) >= 11 is 0. The quantitative estimate of drug-likeness (QED) is 0.102. The normalized spacial score (nSPS) is 14.3. The van der Waals surface area contributed by atoms with Crippen LogP contribution in [0, 0.1) is 23.7 Å². The molecule has 0 aromatic heterocycles. The lowest BCUT2D eigenvalue weighted by Crippen LogP contribution is -2.32. The second-order valence-corrected chi connectivity index (χ2v) is 12.0. The molecule has 0 aliphatic carbocycles. The van der Waals surface area contributed by atoms with Gasteiger partial charge in [-0.25, -0.2) is 0 Å². The van der Waals surface area contributed by atoms with Gasteiger partial charge in [0.15, 0.2) is 0 Å². The minimum Gasteiger partial charge on any atom is -0.481 e. The minimum absolute atomic E-state index is 0.231. The van der Waals surface area contributed by atoms with Crippen molar-refractivity contribution < 1.29 is 9.90 Å². The van der Waals surface area contributed by atoms with Gasteiger partial charge in [0.05, 0.1) is 5.92 Å².